The van der Waals surface area contributed by atoms with E-state index in [1.165, 1.54) is 18.2 Å². The topological polar surface area (TPSA) is 78.9 Å². The molecular weight excluding hydrogens is 448 g/mol. The Kier molecular flexibility index (Phi) is 8.11. The fraction of sp³-hybridized carbons (Fsp3) is 0.316. The van der Waals surface area contributed by atoms with Crippen molar-refractivity contribution in [2.45, 2.75) is 12.8 Å². The third-order valence-corrected chi connectivity index (χ3v) is 7.22. The predicted molar refractivity (Wildman–Crippen MR) is 124 cm³/mol. The van der Waals surface area contributed by atoms with Gasteiger partial charge in [0.05, 0.1) is 10.2 Å². The van der Waals surface area contributed by atoms with Crippen molar-refractivity contribution in [3.8, 4) is 0 Å². The minimum Gasteiger partial charge on any atom is -0.368 e. The van der Waals surface area contributed by atoms with Gasteiger partial charge < -0.3 is 16.0 Å². The van der Waals surface area contributed by atoms with Crippen LogP contribution in [0.25, 0.3) is 10.2 Å². The number of halogens is 2. The van der Waals surface area contributed by atoms with Gasteiger partial charge >= 0.3 is 6.03 Å². The van der Waals surface area contributed by atoms with E-state index in [1.54, 1.807) is 45.3 Å². The average molecular weight is 470 g/mol. The molecule has 0 fully saturated rings. The van der Waals surface area contributed by atoms with E-state index in [0.29, 0.717) is 12.2 Å². The standard InChI is InChI=1S/C19H21F2N5OS3/c1-19(20,21)13-3-2-4-14(11-13)26-18(27)23-7-10-30-29-9-6-22-17-16-15(5-8-28-16)24-12-25-17/h2-5,8,11-12H,6-7,9-10H2,1H3,(H,22,24,25)(H2,23,26,27). The summed E-state index contributed by atoms with van der Waals surface area (Å²) in [5.41, 5.74) is 1.14. The molecule has 0 atom stereocenters. The van der Waals surface area contributed by atoms with Gasteiger partial charge in [-0.25, -0.2) is 23.5 Å². The summed E-state index contributed by atoms with van der Waals surface area (Å²) in [6.45, 7) is 2.07. The number of benzene rings is 1. The Balaban J connectivity index is 1.27. The molecule has 0 radical (unpaired) electrons. The molecular formula is C19H21F2N5OS3. The van der Waals surface area contributed by atoms with E-state index >= 15 is 0 Å². The number of thiophene rings is 1. The highest BCUT2D eigenvalue weighted by Crippen LogP contribution is 2.28. The average Bonchev–Trinajstić information content (AvgIpc) is 3.19. The summed E-state index contributed by atoms with van der Waals surface area (Å²) in [7, 11) is 3.35. The minimum atomic E-state index is -2.94. The Bertz CT molecular complexity index is 980. The molecule has 0 aliphatic rings. The SMILES string of the molecule is CC(F)(F)c1cccc(NC(=O)NCCSSCCNc2ncnc3ccsc23)c1. The molecule has 0 unspecified atom stereocenters. The smallest absolute Gasteiger partial charge is 0.319 e. The first kappa shape index (κ1) is 22.6. The van der Waals surface area contributed by atoms with Gasteiger partial charge in [0.25, 0.3) is 5.92 Å². The summed E-state index contributed by atoms with van der Waals surface area (Å²) in [6, 6.07) is 7.24. The molecule has 160 valence electrons. The fourth-order valence-electron chi connectivity index (χ4n) is 2.50. The highest BCUT2D eigenvalue weighted by atomic mass is 33.1. The zero-order chi connectivity index (χ0) is 21.4. The molecule has 3 aromatic rings. The second-order valence-electron chi connectivity index (χ2n) is 6.28. The van der Waals surface area contributed by atoms with Crippen molar-refractivity contribution in [1.82, 2.24) is 15.3 Å². The van der Waals surface area contributed by atoms with Gasteiger partial charge in [0, 0.05) is 42.8 Å². The summed E-state index contributed by atoms with van der Waals surface area (Å²) in [4.78, 5) is 20.4. The molecule has 0 spiro atoms. The van der Waals surface area contributed by atoms with E-state index in [4.69, 9.17) is 0 Å². The van der Waals surface area contributed by atoms with Gasteiger partial charge in [0.15, 0.2) is 0 Å². The lowest BCUT2D eigenvalue weighted by atomic mass is 10.1. The predicted octanol–water partition coefficient (Wildman–Crippen LogP) is 5.42. The number of nitrogens with zero attached hydrogens (tertiary/aromatic N) is 2. The van der Waals surface area contributed by atoms with Crippen molar-refractivity contribution in [2.24, 2.45) is 0 Å². The van der Waals surface area contributed by atoms with Gasteiger partial charge in [-0.1, -0.05) is 33.7 Å². The van der Waals surface area contributed by atoms with Gasteiger partial charge in [-0.2, -0.15) is 0 Å². The van der Waals surface area contributed by atoms with Crippen LogP contribution in [0.15, 0.2) is 42.0 Å². The Labute approximate surface area is 185 Å². The molecule has 3 rings (SSSR count). The van der Waals surface area contributed by atoms with E-state index in [0.717, 1.165) is 41.0 Å². The highest BCUT2D eigenvalue weighted by molar-refractivity contribution is 8.76. The Morgan fingerprint density at radius 2 is 1.97 bits per heavy atom. The zero-order valence-corrected chi connectivity index (χ0v) is 18.6. The van der Waals surface area contributed by atoms with Gasteiger partial charge in [0.1, 0.15) is 12.1 Å². The largest absolute Gasteiger partial charge is 0.368 e. The van der Waals surface area contributed by atoms with Gasteiger partial charge in [0.2, 0.25) is 0 Å². The van der Waals surface area contributed by atoms with Crippen molar-refractivity contribution < 1.29 is 13.6 Å². The second-order valence-corrected chi connectivity index (χ2v) is 9.90. The van der Waals surface area contributed by atoms with Crippen LogP contribution in [0.4, 0.5) is 25.1 Å². The van der Waals surface area contributed by atoms with Crippen LogP contribution < -0.4 is 16.0 Å². The van der Waals surface area contributed by atoms with Crippen LogP contribution in [-0.2, 0) is 5.92 Å². The van der Waals surface area contributed by atoms with Gasteiger partial charge in [-0.15, -0.1) is 11.3 Å². The summed E-state index contributed by atoms with van der Waals surface area (Å²) in [5, 5.41) is 10.6. The van der Waals surface area contributed by atoms with E-state index in [1.807, 2.05) is 11.4 Å². The van der Waals surface area contributed by atoms with Crippen molar-refractivity contribution in [3.05, 3.63) is 47.6 Å². The lowest BCUT2D eigenvalue weighted by Gasteiger charge is -2.13. The molecule has 6 nitrogen and oxygen atoms in total. The quantitative estimate of drug-likeness (QED) is 0.272. The molecule has 2 aromatic heterocycles. The first-order chi connectivity index (χ1) is 14.4. The van der Waals surface area contributed by atoms with Crippen LogP contribution in [0.2, 0.25) is 0 Å². The lowest BCUT2D eigenvalue weighted by Crippen LogP contribution is -2.30. The Morgan fingerprint density at radius 1 is 1.17 bits per heavy atom. The maximum absolute atomic E-state index is 13.4. The molecule has 2 amide bonds. The fourth-order valence-corrected chi connectivity index (χ4v) is 5.12. The summed E-state index contributed by atoms with van der Waals surface area (Å²) in [5.74, 6) is -0.483. The Hall–Kier alpha value is -2.11. The molecule has 0 saturated carbocycles. The van der Waals surface area contributed by atoms with Gasteiger partial charge in [-0.05, 0) is 23.6 Å². The van der Waals surface area contributed by atoms with Crippen molar-refractivity contribution >= 4 is 60.7 Å². The van der Waals surface area contributed by atoms with Crippen LogP contribution in [0.5, 0.6) is 0 Å². The number of amides is 2. The van der Waals surface area contributed by atoms with Crippen LogP contribution >= 0.6 is 32.9 Å². The highest BCUT2D eigenvalue weighted by Gasteiger charge is 2.24. The second kappa shape index (κ2) is 10.8. The first-order valence-electron chi connectivity index (χ1n) is 9.13. The third kappa shape index (κ3) is 6.71. The number of carbonyl (C=O) groups excluding carboxylic acids is 1. The van der Waals surface area contributed by atoms with E-state index < -0.39 is 12.0 Å². The van der Waals surface area contributed by atoms with Crippen LogP contribution in [0.1, 0.15) is 12.5 Å². The summed E-state index contributed by atoms with van der Waals surface area (Å²) in [6.07, 6.45) is 1.56. The molecule has 1 aromatic carbocycles. The Morgan fingerprint density at radius 3 is 2.77 bits per heavy atom. The third-order valence-electron chi connectivity index (χ3n) is 3.90. The van der Waals surface area contributed by atoms with Crippen molar-refractivity contribution in [2.75, 3.05) is 35.2 Å². The number of carbonyl (C=O) groups is 1. The number of alkyl halides is 2. The number of anilines is 2. The van der Waals surface area contributed by atoms with Gasteiger partial charge in [-0.3, -0.25) is 0 Å². The zero-order valence-electron chi connectivity index (χ0n) is 16.2. The molecule has 0 aliphatic heterocycles. The van der Waals surface area contributed by atoms with Crippen LogP contribution in [-0.4, -0.2) is 40.6 Å². The normalized spacial score (nSPS) is 11.4. The monoisotopic (exact) mass is 469 g/mol. The number of fused-ring (bicyclic) bond motifs is 1. The minimum absolute atomic E-state index is 0.136. The summed E-state index contributed by atoms with van der Waals surface area (Å²) >= 11 is 1.61. The maximum Gasteiger partial charge on any atom is 0.319 e. The van der Waals surface area contributed by atoms with Crippen LogP contribution in [0, 0.1) is 0 Å². The van der Waals surface area contributed by atoms with Crippen LogP contribution in [0.3, 0.4) is 0 Å². The van der Waals surface area contributed by atoms with E-state index in [9.17, 15) is 13.6 Å². The maximum atomic E-state index is 13.4. The number of hydrogen-bond acceptors (Lipinski definition) is 7. The number of urea groups is 1. The molecule has 0 saturated heterocycles. The molecule has 0 bridgehead atoms. The molecule has 0 aliphatic carbocycles. The molecule has 30 heavy (non-hydrogen) atoms. The van der Waals surface area contributed by atoms with Crippen molar-refractivity contribution in [1.29, 1.82) is 0 Å². The van der Waals surface area contributed by atoms with E-state index in [2.05, 4.69) is 25.9 Å². The summed E-state index contributed by atoms with van der Waals surface area (Å²) < 4.78 is 27.8. The van der Waals surface area contributed by atoms with Crippen molar-refractivity contribution in [3.63, 3.8) is 0 Å². The molecule has 2 heterocycles. The molecule has 3 N–H and O–H groups in total. The van der Waals surface area contributed by atoms with E-state index in [-0.39, 0.29) is 5.56 Å². The first-order valence-corrected chi connectivity index (χ1v) is 12.5. The number of aromatic nitrogens is 2. The number of nitrogens with one attached hydrogen (secondary N) is 3. The number of hydrogen-bond donors (Lipinski definition) is 3. The molecule has 11 heteroatoms. The number of rotatable bonds is 10. The lowest BCUT2D eigenvalue weighted by molar-refractivity contribution is 0.0175.